The van der Waals surface area contributed by atoms with Gasteiger partial charge in [-0.1, -0.05) is 0 Å². The van der Waals surface area contributed by atoms with Crippen molar-refractivity contribution in [3.8, 4) is 5.88 Å². The highest BCUT2D eigenvalue weighted by atomic mass is 32.2. The van der Waals surface area contributed by atoms with Crippen molar-refractivity contribution in [1.29, 1.82) is 0 Å². The zero-order valence-corrected chi connectivity index (χ0v) is 12.9. The summed E-state index contributed by atoms with van der Waals surface area (Å²) in [6, 6.07) is 1.59. The molecule has 2 aliphatic heterocycles. The van der Waals surface area contributed by atoms with Crippen LogP contribution < -0.4 is 4.74 Å². The second-order valence-electron chi connectivity index (χ2n) is 5.03. The minimum absolute atomic E-state index is 0.207. The molecule has 0 aliphatic carbocycles. The van der Waals surface area contributed by atoms with E-state index in [1.807, 2.05) is 0 Å². The Kier molecular flexibility index (Phi) is 4.48. The predicted octanol–water partition coefficient (Wildman–Crippen LogP) is -0.309. The second-order valence-corrected chi connectivity index (χ2v) is 6.31. The van der Waals surface area contributed by atoms with Gasteiger partial charge in [-0.25, -0.2) is 0 Å². The number of fused-ring (bicyclic) bond motifs is 1. The molecule has 2 unspecified atom stereocenters. The van der Waals surface area contributed by atoms with Crippen molar-refractivity contribution in [3.63, 3.8) is 0 Å². The summed E-state index contributed by atoms with van der Waals surface area (Å²) in [5.74, 6) is -0.0536. The topological polar surface area (TPSA) is 103 Å². The number of carbonyl (C=O) groups is 1. The van der Waals surface area contributed by atoms with E-state index < -0.39 is 17.3 Å². The molecule has 3 heterocycles. The standard InChI is InChI=1S/C13H16N2O6S/c1-7(16)20-8-5-18-12-9(6-19-11(8)12)21-10-3-4-14-13(15-10)22(2)17/h3-4,8-9,11-12H,5-6H2,1-2H3/t8-,9?,11+,12+,22?/m0/s1. The van der Waals surface area contributed by atoms with Gasteiger partial charge in [0.05, 0.1) is 13.2 Å². The third-order valence-corrected chi connectivity index (χ3v) is 4.13. The summed E-state index contributed by atoms with van der Waals surface area (Å²) in [4.78, 5) is 19.1. The molecule has 22 heavy (non-hydrogen) atoms. The maximum absolute atomic E-state index is 11.4. The summed E-state index contributed by atoms with van der Waals surface area (Å²) < 4.78 is 33.6. The number of carbonyl (C=O) groups excluding carboxylic acids is 1. The molecule has 0 radical (unpaired) electrons. The van der Waals surface area contributed by atoms with Crippen molar-refractivity contribution in [3.05, 3.63) is 12.3 Å². The Morgan fingerprint density at radius 1 is 1.36 bits per heavy atom. The lowest BCUT2D eigenvalue weighted by atomic mass is 10.1. The number of esters is 1. The van der Waals surface area contributed by atoms with Crippen LogP contribution in [0.15, 0.2) is 17.4 Å². The van der Waals surface area contributed by atoms with E-state index in [4.69, 9.17) is 18.9 Å². The van der Waals surface area contributed by atoms with Crippen LogP contribution in [-0.2, 0) is 30.2 Å². The predicted molar refractivity (Wildman–Crippen MR) is 73.8 cm³/mol. The molecule has 2 saturated heterocycles. The van der Waals surface area contributed by atoms with Crippen molar-refractivity contribution < 1.29 is 28.3 Å². The molecule has 0 saturated carbocycles. The van der Waals surface area contributed by atoms with Gasteiger partial charge in [-0.3, -0.25) is 4.79 Å². The highest BCUT2D eigenvalue weighted by Crippen LogP contribution is 2.31. The Labute approximate surface area is 130 Å². The van der Waals surface area contributed by atoms with E-state index in [9.17, 15) is 9.35 Å². The van der Waals surface area contributed by atoms with Gasteiger partial charge in [-0.05, 0) is 0 Å². The average Bonchev–Trinajstić information content (AvgIpc) is 3.03. The van der Waals surface area contributed by atoms with Crippen LogP contribution in [0.4, 0.5) is 0 Å². The zero-order chi connectivity index (χ0) is 15.7. The normalized spacial score (nSPS) is 31.6. The quantitative estimate of drug-likeness (QED) is 0.421. The third-order valence-electron chi connectivity index (χ3n) is 3.42. The van der Waals surface area contributed by atoms with Crippen LogP contribution in [0.25, 0.3) is 0 Å². The van der Waals surface area contributed by atoms with Crippen LogP contribution in [0.1, 0.15) is 6.92 Å². The molecule has 0 aromatic carbocycles. The van der Waals surface area contributed by atoms with E-state index in [0.717, 1.165) is 0 Å². The number of hydrogen-bond donors (Lipinski definition) is 0. The van der Waals surface area contributed by atoms with Gasteiger partial charge in [0.1, 0.15) is 18.5 Å². The van der Waals surface area contributed by atoms with E-state index in [0.29, 0.717) is 12.5 Å². The largest absolute Gasteiger partial charge is 0.609 e. The number of rotatable bonds is 4. The first-order valence-electron chi connectivity index (χ1n) is 6.78. The zero-order valence-electron chi connectivity index (χ0n) is 12.1. The molecule has 5 atom stereocenters. The lowest BCUT2D eigenvalue weighted by molar-refractivity contribution is -0.150. The van der Waals surface area contributed by atoms with Gasteiger partial charge < -0.3 is 23.5 Å². The van der Waals surface area contributed by atoms with E-state index in [1.54, 1.807) is 6.07 Å². The molecule has 0 N–H and O–H groups in total. The van der Waals surface area contributed by atoms with Crippen molar-refractivity contribution in [2.24, 2.45) is 0 Å². The minimum atomic E-state index is -1.28. The molecule has 0 spiro atoms. The molecule has 0 amide bonds. The number of nitrogens with zero attached hydrogens (tertiary/aromatic N) is 2. The molecule has 3 rings (SSSR count). The molecule has 1 aromatic heterocycles. The molecule has 0 bridgehead atoms. The summed E-state index contributed by atoms with van der Waals surface area (Å²) in [7, 11) is 0. The molecule has 9 heteroatoms. The van der Waals surface area contributed by atoms with Gasteiger partial charge in [-0.15, -0.1) is 4.98 Å². The van der Waals surface area contributed by atoms with Gasteiger partial charge in [0, 0.05) is 30.4 Å². The van der Waals surface area contributed by atoms with Gasteiger partial charge in [0.15, 0.2) is 12.2 Å². The van der Waals surface area contributed by atoms with Gasteiger partial charge in [0.2, 0.25) is 5.88 Å². The van der Waals surface area contributed by atoms with Gasteiger partial charge in [-0.2, -0.15) is 4.98 Å². The summed E-state index contributed by atoms with van der Waals surface area (Å²) in [5.41, 5.74) is 0. The molecule has 8 nitrogen and oxygen atoms in total. The number of ether oxygens (including phenoxy) is 4. The maximum Gasteiger partial charge on any atom is 0.345 e. The molecule has 2 fully saturated rings. The third kappa shape index (κ3) is 3.17. The Morgan fingerprint density at radius 3 is 2.73 bits per heavy atom. The fourth-order valence-electron chi connectivity index (χ4n) is 2.53. The highest BCUT2D eigenvalue weighted by Gasteiger charge is 2.50. The van der Waals surface area contributed by atoms with Crippen molar-refractivity contribution in [1.82, 2.24) is 9.97 Å². The van der Waals surface area contributed by atoms with E-state index in [2.05, 4.69) is 9.97 Å². The van der Waals surface area contributed by atoms with Crippen molar-refractivity contribution in [2.75, 3.05) is 19.5 Å². The van der Waals surface area contributed by atoms with E-state index >= 15 is 0 Å². The first-order chi connectivity index (χ1) is 10.5. The van der Waals surface area contributed by atoms with Crippen molar-refractivity contribution in [2.45, 2.75) is 36.5 Å². The van der Waals surface area contributed by atoms with Crippen LogP contribution >= 0.6 is 0 Å². The average molecular weight is 328 g/mol. The highest BCUT2D eigenvalue weighted by molar-refractivity contribution is 7.90. The van der Waals surface area contributed by atoms with E-state index in [-0.39, 0.29) is 36.0 Å². The molecular formula is C13H16N2O6S. The molecular weight excluding hydrogens is 312 g/mol. The molecule has 1 aromatic rings. The van der Waals surface area contributed by atoms with Crippen LogP contribution in [0.2, 0.25) is 0 Å². The van der Waals surface area contributed by atoms with Crippen LogP contribution in [0, 0.1) is 0 Å². The summed E-state index contributed by atoms with van der Waals surface area (Å²) in [6.45, 7) is 1.94. The van der Waals surface area contributed by atoms with E-state index in [1.165, 1.54) is 19.4 Å². The van der Waals surface area contributed by atoms with Crippen LogP contribution in [0.5, 0.6) is 5.88 Å². The molecule has 120 valence electrons. The SMILES string of the molecule is CC(=O)O[C@H]1CO[C@@H]2C(Oc3ccnc([S+](C)[O-])n3)CO[C@H]12. The minimum Gasteiger partial charge on any atom is -0.609 e. The summed E-state index contributed by atoms with van der Waals surface area (Å²) >= 11 is -1.28. The first kappa shape index (κ1) is 15.5. The maximum atomic E-state index is 11.4. The Hall–Kier alpha value is -1.42. The van der Waals surface area contributed by atoms with Crippen molar-refractivity contribution >= 4 is 17.1 Å². The van der Waals surface area contributed by atoms with Crippen LogP contribution in [-0.4, -0.2) is 64.4 Å². The Morgan fingerprint density at radius 2 is 2.05 bits per heavy atom. The number of aromatic nitrogens is 2. The monoisotopic (exact) mass is 328 g/mol. The lowest BCUT2D eigenvalue weighted by Crippen LogP contribution is -2.36. The van der Waals surface area contributed by atoms with Gasteiger partial charge >= 0.3 is 11.1 Å². The smallest absolute Gasteiger partial charge is 0.345 e. The first-order valence-corrected chi connectivity index (χ1v) is 8.34. The fraction of sp³-hybridized carbons (Fsp3) is 0.615. The second kappa shape index (κ2) is 6.37. The molecule has 2 aliphatic rings. The summed E-state index contributed by atoms with van der Waals surface area (Å²) in [6.07, 6.45) is 1.55. The van der Waals surface area contributed by atoms with Gasteiger partial charge in [0.25, 0.3) is 0 Å². The Bertz CT molecular complexity index is 557. The lowest BCUT2D eigenvalue weighted by Gasteiger charge is -2.17. The number of hydrogen-bond acceptors (Lipinski definition) is 8. The fourth-order valence-corrected chi connectivity index (χ4v) is 2.96. The summed E-state index contributed by atoms with van der Waals surface area (Å²) in [5, 5.41) is 0.207. The van der Waals surface area contributed by atoms with Crippen LogP contribution in [0.3, 0.4) is 0 Å². The Balaban J connectivity index is 1.65.